The van der Waals surface area contributed by atoms with E-state index in [1.54, 1.807) is 6.07 Å². The molecule has 0 saturated heterocycles. The van der Waals surface area contributed by atoms with Crippen LogP contribution < -0.4 is 11.2 Å². The first-order valence-electron chi connectivity index (χ1n) is 2.27. The Labute approximate surface area is 48.0 Å². The van der Waals surface area contributed by atoms with Crippen molar-refractivity contribution in [3.8, 4) is 6.07 Å². The van der Waals surface area contributed by atoms with Gasteiger partial charge in [-0.1, -0.05) is 0 Å². The quantitative estimate of drug-likeness (QED) is 0.284. The molecule has 0 radical (unpaired) electrons. The van der Waals surface area contributed by atoms with Crippen molar-refractivity contribution in [2.75, 3.05) is 6.54 Å². The van der Waals surface area contributed by atoms with Gasteiger partial charge in [-0.2, -0.15) is 10.4 Å². The van der Waals surface area contributed by atoms with Crippen LogP contribution in [0.5, 0.6) is 0 Å². The molecule has 0 aliphatic carbocycles. The molecule has 44 valence electrons. The fourth-order valence-corrected chi connectivity index (χ4v) is 0.189. The van der Waals surface area contributed by atoms with E-state index >= 15 is 0 Å². The minimum atomic E-state index is -0.0353. The van der Waals surface area contributed by atoms with E-state index in [2.05, 4.69) is 10.5 Å². The number of nitriles is 1. The van der Waals surface area contributed by atoms with E-state index in [-0.39, 0.29) is 5.84 Å². The van der Waals surface area contributed by atoms with Crippen LogP contribution in [-0.2, 0) is 0 Å². The zero-order chi connectivity index (χ0) is 6.41. The lowest BCUT2D eigenvalue weighted by atomic mass is 10.7. The highest BCUT2D eigenvalue weighted by Gasteiger charge is 1.79. The summed E-state index contributed by atoms with van der Waals surface area (Å²) in [5, 5.41) is 11.5. The summed E-state index contributed by atoms with van der Waals surface area (Å²) in [5.74, 6) is -0.0353. The molecule has 0 unspecified atom stereocenters. The first-order valence-corrected chi connectivity index (χ1v) is 2.27. The first-order chi connectivity index (χ1) is 3.81. The van der Waals surface area contributed by atoms with E-state index in [4.69, 9.17) is 11.0 Å². The number of nitrogens with zero attached hydrogens (tertiary/aromatic N) is 2. The maximum Gasteiger partial charge on any atom is 0.221 e. The van der Waals surface area contributed by atoms with Crippen LogP contribution >= 0.6 is 0 Å². The van der Waals surface area contributed by atoms with Gasteiger partial charge in [-0.3, -0.25) is 0 Å². The predicted molar refractivity (Wildman–Crippen MR) is 30.9 cm³/mol. The van der Waals surface area contributed by atoms with Crippen LogP contribution in [0.3, 0.4) is 0 Å². The maximum atomic E-state index is 8.02. The lowest BCUT2D eigenvalue weighted by molar-refractivity contribution is 0.783. The molecule has 0 fully saturated rings. The number of hydrogen-bond donors (Lipinski definition) is 2. The number of nitrogens with one attached hydrogen (secondary N) is 1. The van der Waals surface area contributed by atoms with Crippen LogP contribution in [0.1, 0.15) is 6.92 Å². The third-order valence-electron chi connectivity index (χ3n) is 0.472. The van der Waals surface area contributed by atoms with E-state index < -0.39 is 0 Å². The molecule has 0 bridgehead atoms. The molecule has 4 heteroatoms. The lowest BCUT2D eigenvalue weighted by Gasteiger charge is -1.88. The summed E-state index contributed by atoms with van der Waals surface area (Å²) in [6.45, 7) is 2.55. The fraction of sp³-hybridized carbons (Fsp3) is 0.500. The molecule has 0 spiro atoms. The van der Waals surface area contributed by atoms with E-state index in [9.17, 15) is 0 Å². The molecule has 0 heterocycles. The van der Waals surface area contributed by atoms with Gasteiger partial charge in [-0.25, -0.2) is 0 Å². The van der Waals surface area contributed by atoms with Crippen LogP contribution in [0.2, 0.25) is 0 Å². The fourth-order valence-electron chi connectivity index (χ4n) is 0.189. The Balaban J connectivity index is 3.46. The van der Waals surface area contributed by atoms with Gasteiger partial charge in [0, 0.05) is 6.54 Å². The van der Waals surface area contributed by atoms with E-state index in [0.717, 1.165) is 0 Å². The van der Waals surface area contributed by atoms with Crippen LogP contribution in [-0.4, -0.2) is 12.4 Å². The molecule has 0 saturated carbocycles. The molecule has 0 aromatic heterocycles. The van der Waals surface area contributed by atoms with Crippen molar-refractivity contribution in [2.45, 2.75) is 6.92 Å². The topological polar surface area (TPSA) is 74.2 Å². The van der Waals surface area contributed by atoms with Crippen LogP contribution in [0.25, 0.3) is 0 Å². The summed E-state index contributed by atoms with van der Waals surface area (Å²) < 4.78 is 0. The molecule has 0 aliphatic rings. The van der Waals surface area contributed by atoms with E-state index in [1.807, 2.05) is 6.92 Å². The van der Waals surface area contributed by atoms with Crippen molar-refractivity contribution in [2.24, 2.45) is 10.8 Å². The van der Waals surface area contributed by atoms with Crippen molar-refractivity contribution < 1.29 is 0 Å². The molecule has 0 aromatic rings. The van der Waals surface area contributed by atoms with Gasteiger partial charge in [0.25, 0.3) is 0 Å². The Kier molecular flexibility index (Phi) is 3.32. The normalized spacial score (nSPS) is 10.2. The Morgan fingerprint density at radius 2 is 2.62 bits per heavy atom. The number of nitrogens with two attached hydrogens (primary N) is 1. The Morgan fingerprint density at radius 3 is 3.00 bits per heavy atom. The molecule has 0 rings (SSSR count). The number of hydrazone groups is 1. The summed E-state index contributed by atoms with van der Waals surface area (Å²) in [5.41, 5.74) is 7.52. The number of amidine groups is 1. The second-order valence-corrected chi connectivity index (χ2v) is 1.12. The van der Waals surface area contributed by atoms with Crippen molar-refractivity contribution in [3.63, 3.8) is 0 Å². The van der Waals surface area contributed by atoms with Gasteiger partial charge in [-0.15, -0.1) is 0 Å². The highest BCUT2D eigenvalue weighted by molar-refractivity contribution is 5.94. The van der Waals surface area contributed by atoms with Crippen molar-refractivity contribution >= 4 is 5.84 Å². The molecule has 0 amide bonds. The second-order valence-electron chi connectivity index (χ2n) is 1.12. The highest BCUT2D eigenvalue weighted by Crippen LogP contribution is 1.59. The smallest absolute Gasteiger partial charge is 0.221 e. The average Bonchev–Trinajstić information content (AvgIpc) is 1.83. The van der Waals surface area contributed by atoms with E-state index in [0.29, 0.717) is 6.54 Å². The first kappa shape index (κ1) is 6.76. The zero-order valence-electron chi connectivity index (χ0n) is 4.68. The molecule has 0 aliphatic heterocycles. The minimum absolute atomic E-state index is 0.0353. The van der Waals surface area contributed by atoms with Gasteiger partial charge in [0.05, 0.1) is 0 Å². The monoisotopic (exact) mass is 112 g/mol. The molecule has 4 nitrogen and oxygen atoms in total. The van der Waals surface area contributed by atoms with Crippen molar-refractivity contribution in [1.82, 2.24) is 5.43 Å². The molecular weight excluding hydrogens is 104 g/mol. The minimum Gasteiger partial charge on any atom is -0.374 e. The van der Waals surface area contributed by atoms with Crippen molar-refractivity contribution in [3.05, 3.63) is 0 Å². The average molecular weight is 112 g/mol. The lowest BCUT2D eigenvalue weighted by Crippen LogP contribution is -2.15. The number of rotatable bonds is 2. The summed E-state index contributed by atoms with van der Waals surface area (Å²) in [6.07, 6.45) is 0. The predicted octanol–water partition coefficient (Wildman–Crippen LogP) is -0.608. The van der Waals surface area contributed by atoms with E-state index in [1.165, 1.54) is 0 Å². The van der Waals surface area contributed by atoms with Gasteiger partial charge in [-0.05, 0) is 6.92 Å². The van der Waals surface area contributed by atoms with Crippen LogP contribution in [0.4, 0.5) is 0 Å². The summed E-state index contributed by atoms with van der Waals surface area (Å²) in [6, 6.07) is 1.66. The highest BCUT2D eigenvalue weighted by atomic mass is 15.3. The largest absolute Gasteiger partial charge is 0.374 e. The van der Waals surface area contributed by atoms with Gasteiger partial charge in [0.15, 0.2) is 0 Å². The zero-order valence-corrected chi connectivity index (χ0v) is 4.68. The van der Waals surface area contributed by atoms with Crippen LogP contribution in [0.15, 0.2) is 5.10 Å². The van der Waals surface area contributed by atoms with Gasteiger partial charge in [0.2, 0.25) is 5.84 Å². The maximum absolute atomic E-state index is 8.02. The van der Waals surface area contributed by atoms with Crippen LogP contribution in [0, 0.1) is 11.3 Å². The molecular formula is C4H8N4. The Bertz CT molecular complexity index is 120. The molecule has 0 atom stereocenters. The third-order valence-corrected chi connectivity index (χ3v) is 0.472. The molecule has 3 N–H and O–H groups in total. The standard InChI is InChI=1S/C4H8N4/c1-2-7-8-4(6)3-5/h7H,2H2,1H3,(H2,6,8). The number of hydrogen-bond acceptors (Lipinski definition) is 3. The second kappa shape index (κ2) is 3.93. The van der Waals surface area contributed by atoms with Crippen molar-refractivity contribution in [1.29, 1.82) is 5.26 Å². The molecule has 8 heavy (non-hydrogen) atoms. The van der Waals surface area contributed by atoms with Gasteiger partial charge < -0.3 is 11.2 Å². The third kappa shape index (κ3) is 2.97. The van der Waals surface area contributed by atoms with Gasteiger partial charge in [0.1, 0.15) is 6.07 Å². The SMILES string of the molecule is CCN/N=C(\N)C#N. The summed E-state index contributed by atoms with van der Waals surface area (Å²) >= 11 is 0. The molecule has 0 aromatic carbocycles. The van der Waals surface area contributed by atoms with Gasteiger partial charge >= 0.3 is 0 Å². The summed E-state index contributed by atoms with van der Waals surface area (Å²) in [7, 11) is 0. The summed E-state index contributed by atoms with van der Waals surface area (Å²) in [4.78, 5) is 0. The Morgan fingerprint density at radius 1 is 2.00 bits per heavy atom. The Hall–Kier alpha value is -1.24.